The van der Waals surface area contributed by atoms with E-state index in [1.54, 1.807) is 0 Å². The molecular formula is C11H14F2O. The number of hydrogen-bond acceptors (Lipinski definition) is 1. The average molecular weight is 200 g/mol. The first kappa shape index (κ1) is 11.0. The van der Waals surface area contributed by atoms with Crippen molar-refractivity contribution in [1.82, 2.24) is 0 Å². The van der Waals surface area contributed by atoms with Gasteiger partial charge in [-0.25, -0.2) is 8.78 Å². The standard InChI is InChI=1S/C11H14F2O/c1-3-8(2)7-14-9-4-5-10(12)11(13)6-9/h4-6,8H,3,7H2,1-2H3. The summed E-state index contributed by atoms with van der Waals surface area (Å²) in [5.41, 5.74) is 0. The van der Waals surface area contributed by atoms with E-state index in [1.165, 1.54) is 6.07 Å². The minimum Gasteiger partial charge on any atom is -0.493 e. The van der Waals surface area contributed by atoms with E-state index in [0.717, 1.165) is 18.6 Å². The summed E-state index contributed by atoms with van der Waals surface area (Å²) in [6.45, 7) is 4.63. The van der Waals surface area contributed by atoms with Crippen LogP contribution in [0.4, 0.5) is 8.78 Å². The van der Waals surface area contributed by atoms with Crippen molar-refractivity contribution in [3.05, 3.63) is 29.8 Å². The number of hydrogen-bond donors (Lipinski definition) is 0. The van der Waals surface area contributed by atoms with Crippen LogP contribution in [0, 0.1) is 17.6 Å². The lowest BCUT2D eigenvalue weighted by Gasteiger charge is -2.10. The predicted molar refractivity (Wildman–Crippen MR) is 51.3 cm³/mol. The second kappa shape index (κ2) is 4.94. The lowest BCUT2D eigenvalue weighted by Crippen LogP contribution is -2.07. The van der Waals surface area contributed by atoms with Crippen molar-refractivity contribution < 1.29 is 13.5 Å². The maximum atomic E-state index is 12.7. The molecule has 0 fully saturated rings. The summed E-state index contributed by atoms with van der Waals surface area (Å²) < 4.78 is 30.6. The third-order valence-electron chi connectivity index (χ3n) is 2.12. The van der Waals surface area contributed by atoms with Gasteiger partial charge in [0, 0.05) is 6.07 Å². The second-order valence-corrected chi connectivity index (χ2v) is 3.40. The SMILES string of the molecule is CCC(C)COc1ccc(F)c(F)c1. The van der Waals surface area contributed by atoms with Crippen molar-refractivity contribution in [3.8, 4) is 5.75 Å². The van der Waals surface area contributed by atoms with E-state index in [1.807, 2.05) is 6.92 Å². The van der Waals surface area contributed by atoms with Crippen LogP contribution in [0.5, 0.6) is 5.75 Å². The molecule has 1 nitrogen and oxygen atoms in total. The highest BCUT2D eigenvalue weighted by molar-refractivity contribution is 5.23. The molecule has 0 aliphatic carbocycles. The molecule has 0 aliphatic heterocycles. The van der Waals surface area contributed by atoms with Gasteiger partial charge in [0.1, 0.15) is 5.75 Å². The maximum absolute atomic E-state index is 12.7. The van der Waals surface area contributed by atoms with Gasteiger partial charge in [-0.15, -0.1) is 0 Å². The molecule has 1 rings (SSSR count). The number of halogens is 2. The highest BCUT2D eigenvalue weighted by Gasteiger charge is 2.04. The average Bonchev–Trinajstić information content (AvgIpc) is 2.19. The number of ether oxygens (including phenoxy) is 1. The molecule has 0 aromatic heterocycles. The lowest BCUT2D eigenvalue weighted by molar-refractivity contribution is 0.255. The minimum absolute atomic E-state index is 0.379. The Hall–Kier alpha value is -1.12. The van der Waals surface area contributed by atoms with E-state index in [-0.39, 0.29) is 0 Å². The van der Waals surface area contributed by atoms with Crippen LogP contribution in [0.25, 0.3) is 0 Å². The van der Waals surface area contributed by atoms with Crippen LogP contribution in [0.1, 0.15) is 20.3 Å². The first-order valence-corrected chi connectivity index (χ1v) is 4.71. The van der Waals surface area contributed by atoms with Gasteiger partial charge in [-0.2, -0.15) is 0 Å². The summed E-state index contributed by atoms with van der Waals surface area (Å²) >= 11 is 0. The fourth-order valence-corrected chi connectivity index (χ4v) is 0.923. The van der Waals surface area contributed by atoms with Gasteiger partial charge in [-0.1, -0.05) is 20.3 Å². The Labute approximate surface area is 82.7 Å². The quantitative estimate of drug-likeness (QED) is 0.723. The maximum Gasteiger partial charge on any atom is 0.162 e. The Balaban J connectivity index is 2.55. The van der Waals surface area contributed by atoms with Crippen LogP contribution in [0.3, 0.4) is 0 Å². The summed E-state index contributed by atoms with van der Waals surface area (Å²) in [4.78, 5) is 0. The van der Waals surface area contributed by atoms with Crippen LogP contribution < -0.4 is 4.74 Å². The summed E-state index contributed by atoms with van der Waals surface area (Å²) in [6, 6.07) is 3.57. The molecular weight excluding hydrogens is 186 g/mol. The largest absolute Gasteiger partial charge is 0.493 e. The van der Waals surface area contributed by atoms with E-state index >= 15 is 0 Å². The van der Waals surface area contributed by atoms with Gasteiger partial charge < -0.3 is 4.74 Å². The molecule has 0 bridgehead atoms. The van der Waals surface area contributed by atoms with E-state index in [4.69, 9.17) is 4.74 Å². The van der Waals surface area contributed by atoms with Crippen LogP contribution in [-0.2, 0) is 0 Å². The van der Waals surface area contributed by atoms with Crippen molar-refractivity contribution in [2.75, 3.05) is 6.61 Å². The third-order valence-corrected chi connectivity index (χ3v) is 2.12. The Morgan fingerprint density at radius 2 is 2.00 bits per heavy atom. The molecule has 0 saturated heterocycles. The van der Waals surface area contributed by atoms with Crippen molar-refractivity contribution in [3.63, 3.8) is 0 Å². The molecule has 0 spiro atoms. The highest BCUT2D eigenvalue weighted by Crippen LogP contribution is 2.16. The first-order chi connectivity index (χ1) is 6.63. The molecule has 1 unspecified atom stereocenters. The topological polar surface area (TPSA) is 9.23 Å². The monoisotopic (exact) mass is 200 g/mol. The zero-order chi connectivity index (χ0) is 10.6. The van der Waals surface area contributed by atoms with Crippen molar-refractivity contribution in [2.24, 2.45) is 5.92 Å². The van der Waals surface area contributed by atoms with E-state index in [0.29, 0.717) is 18.3 Å². The minimum atomic E-state index is -0.869. The molecule has 1 atom stereocenters. The van der Waals surface area contributed by atoms with Gasteiger partial charge in [-0.3, -0.25) is 0 Å². The van der Waals surface area contributed by atoms with Gasteiger partial charge in [0.15, 0.2) is 11.6 Å². The van der Waals surface area contributed by atoms with Crippen LogP contribution in [0.2, 0.25) is 0 Å². The third kappa shape index (κ3) is 2.98. The predicted octanol–water partition coefficient (Wildman–Crippen LogP) is 3.39. The van der Waals surface area contributed by atoms with E-state index in [9.17, 15) is 8.78 Å². The molecule has 0 heterocycles. The van der Waals surface area contributed by atoms with Gasteiger partial charge >= 0.3 is 0 Å². The van der Waals surface area contributed by atoms with Crippen LogP contribution in [0.15, 0.2) is 18.2 Å². The Morgan fingerprint density at radius 1 is 1.29 bits per heavy atom. The molecule has 14 heavy (non-hydrogen) atoms. The van der Waals surface area contributed by atoms with Gasteiger partial charge in [0.2, 0.25) is 0 Å². The van der Waals surface area contributed by atoms with Crippen molar-refractivity contribution in [2.45, 2.75) is 20.3 Å². The van der Waals surface area contributed by atoms with Gasteiger partial charge in [-0.05, 0) is 18.1 Å². The first-order valence-electron chi connectivity index (χ1n) is 4.71. The van der Waals surface area contributed by atoms with Crippen LogP contribution in [-0.4, -0.2) is 6.61 Å². The molecule has 0 N–H and O–H groups in total. The van der Waals surface area contributed by atoms with Crippen molar-refractivity contribution >= 4 is 0 Å². The van der Waals surface area contributed by atoms with Crippen molar-refractivity contribution in [1.29, 1.82) is 0 Å². The van der Waals surface area contributed by atoms with E-state index < -0.39 is 11.6 Å². The Morgan fingerprint density at radius 3 is 2.57 bits per heavy atom. The summed E-state index contributed by atoms with van der Waals surface area (Å²) in [5.74, 6) is -0.917. The summed E-state index contributed by atoms with van der Waals surface area (Å²) in [6.07, 6.45) is 1.00. The Kier molecular flexibility index (Phi) is 3.86. The fourth-order valence-electron chi connectivity index (χ4n) is 0.923. The normalized spacial score (nSPS) is 12.6. The van der Waals surface area contributed by atoms with Gasteiger partial charge in [0.05, 0.1) is 6.61 Å². The number of benzene rings is 1. The summed E-state index contributed by atoms with van der Waals surface area (Å²) in [7, 11) is 0. The second-order valence-electron chi connectivity index (χ2n) is 3.40. The molecule has 0 saturated carbocycles. The molecule has 0 radical (unpaired) electrons. The zero-order valence-electron chi connectivity index (χ0n) is 8.39. The molecule has 3 heteroatoms. The number of rotatable bonds is 4. The molecule has 0 aliphatic rings. The Bertz CT molecular complexity index is 299. The van der Waals surface area contributed by atoms with E-state index in [2.05, 4.69) is 6.92 Å². The zero-order valence-corrected chi connectivity index (χ0v) is 8.39. The fraction of sp³-hybridized carbons (Fsp3) is 0.455. The lowest BCUT2D eigenvalue weighted by atomic mass is 10.1. The molecule has 78 valence electrons. The van der Waals surface area contributed by atoms with Gasteiger partial charge in [0.25, 0.3) is 0 Å². The molecule has 0 amide bonds. The molecule has 1 aromatic rings. The highest BCUT2D eigenvalue weighted by atomic mass is 19.2. The summed E-state index contributed by atoms with van der Waals surface area (Å²) in [5, 5.41) is 0. The molecule has 1 aromatic carbocycles. The van der Waals surface area contributed by atoms with Crippen LogP contribution >= 0.6 is 0 Å². The smallest absolute Gasteiger partial charge is 0.162 e.